The molecule has 4 rings (SSSR count). The van der Waals surface area contributed by atoms with E-state index >= 15 is 0 Å². The van der Waals surface area contributed by atoms with Gasteiger partial charge in [-0.3, -0.25) is 4.79 Å². The normalized spacial score (nSPS) is 15.2. The molecule has 8 heteroatoms. The molecule has 0 spiro atoms. The Morgan fingerprint density at radius 3 is 2.62 bits per heavy atom. The number of hydrogen-bond donors (Lipinski definition) is 1. The molecule has 0 radical (unpaired) electrons. The summed E-state index contributed by atoms with van der Waals surface area (Å²) in [6, 6.07) is 5.26. The zero-order valence-corrected chi connectivity index (χ0v) is 17.3. The number of methoxy groups -OCH3 is 2. The first kappa shape index (κ1) is 19.3. The topological polar surface area (TPSA) is 78.8 Å². The third-order valence-corrected chi connectivity index (χ3v) is 6.20. The lowest BCUT2D eigenvalue weighted by Crippen LogP contribution is -2.30. The number of nitrogens with one attached hydrogen (secondary N) is 1. The number of thiophene rings is 1. The summed E-state index contributed by atoms with van der Waals surface area (Å²) in [5.74, 6) is 1.19. The van der Waals surface area contributed by atoms with Crippen molar-refractivity contribution in [2.75, 3.05) is 14.2 Å². The first-order chi connectivity index (χ1) is 14.0. The van der Waals surface area contributed by atoms with Gasteiger partial charge in [0.1, 0.15) is 0 Å². The first-order valence-corrected chi connectivity index (χ1v) is 10.3. The summed E-state index contributed by atoms with van der Waals surface area (Å²) >= 11 is 1.71. The molecule has 1 atom stereocenters. The van der Waals surface area contributed by atoms with Crippen molar-refractivity contribution in [3.8, 4) is 17.2 Å². The lowest BCUT2D eigenvalue weighted by Gasteiger charge is -2.16. The van der Waals surface area contributed by atoms with Gasteiger partial charge < -0.3 is 24.1 Å². The second-order valence-electron chi connectivity index (χ2n) is 6.76. The van der Waals surface area contributed by atoms with Gasteiger partial charge in [-0.05, 0) is 48.9 Å². The van der Waals surface area contributed by atoms with E-state index in [-0.39, 0.29) is 11.6 Å². The van der Waals surface area contributed by atoms with Crippen LogP contribution in [0.25, 0.3) is 10.8 Å². The number of fused-ring (bicyclic) bond motifs is 2. The molecule has 1 aliphatic rings. The van der Waals surface area contributed by atoms with Gasteiger partial charge in [0.05, 0.1) is 31.8 Å². The van der Waals surface area contributed by atoms with E-state index in [0.29, 0.717) is 34.6 Å². The lowest BCUT2D eigenvalue weighted by molar-refractivity contribution is 0.196. The van der Waals surface area contributed by atoms with Crippen LogP contribution >= 0.6 is 11.3 Å². The Bertz CT molecular complexity index is 1130. The Labute approximate surface area is 171 Å². The minimum absolute atomic E-state index is 0.0540. The summed E-state index contributed by atoms with van der Waals surface area (Å²) in [5, 5.41) is 5.87. The van der Waals surface area contributed by atoms with Crippen LogP contribution in [0.4, 0.5) is 4.79 Å². The number of aryl methyl sites for hydroxylation is 2. The number of nitrogens with zero attached hydrogens (tertiary/aromatic N) is 1. The van der Waals surface area contributed by atoms with E-state index in [1.807, 2.05) is 18.4 Å². The predicted octanol–water partition coefficient (Wildman–Crippen LogP) is 3.88. The summed E-state index contributed by atoms with van der Waals surface area (Å²) in [5.41, 5.74) is 0.969. The van der Waals surface area contributed by atoms with E-state index in [4.69, 9.17) is 14.2 Å². The highest BCUT2D eigenvalue weighted by Gasteiger charge is 2.26. The highest BCUT2D eigenvalue weighted by atomic mass is 32.1. The van der Waals surface area contributed by atoms with Gasteiger partial charge in [-0.15, -0.1) is 11.3 Å². The van der Waals surface area contributed by atoms with Crippen LogP contribution in [0.2, 0.25) is 0 Å². The maximum Gasteiger partial charge on any atom is 0.413 e. The number of aromatic nitrogens is 1. The molecule has 0 aliphatic heterocycles. The number of hydrogen-bond acceptors (Lipinski definition) is 6. The third-order valence-electron chi connectivity index (χ3n) is 5.20. The summed E-state index contributed by atoms with van der Waals surface area (Å²) in [4.78, 5) is 26.7. The van der Waals surface area contributed by atoms with Gasteiger partial charge in [0, 0.05) is 16.8 Å². The zero-order chi connectivity index (χ0) is 20.5. The van der Waals surface area contributed by atoms with E-state index < -0.39 is 6.09 Å². The molecule has 1 amide bonds. The Balaban J connectivity index is 1.70. The largest absolute Gasteiger partial charge is 0.493 e. The van der Waals surface area contributed by atoms with Gasteiger partial charge in [-0.1, -0.05) is 0 Å². The quantitative estimate of drug-likeness (QED) is 0.686. The van der Waals surface area contributed by atoms with Crippen LogP contribution in [0.5, 0.6) is 17.2 Å². The average molecular weight is 414 g/mol. The smallest absolute Gasteiger partial charge is 0.413 e. The Hall–Kier alpha value is -3.00. The van der Waals surface area contributed by atoms with Crippen LogP contribution in [0.1, 0.15) is 29.8 Å². The second kappa shape index (κ2) is 7.79. The molecule has 0 unspecified atom stereocenters. The molecule has 0 bridgehead atoms. The molecule has 0 fully saturated rings. The molecule has 7 nitrogen and oxygen atoms in total. The molecule has 0 saturated carbocycles. The molecule has 0 saturated heterocycles. The fourth-order valence-corrected chi connectivity index (χ4v) is 4.68. The Morgan fingerprint density at radius 2 is 1.93 bits per heavy atom. The van der Waals surface area contributed by atoms with Gasteiger partial charge >= 0.3 is 6.09 Å². The van der Waals surface area contributed by atoms with Crippen LogP contribution in [0.15, 0.2) is 34.6 Å². The number of rotatable bonds is 5. The van der Waals surface area contributed by atoms with E-state index in [0.717, 1.165) is 18.4 Å². The zero-order valence-electron chi connectivity index (χ0n) is 16.5. The molecular weight excluding hydrogens is 392 g/mol. The highest BCUT2D eigenvalue weighted by molar-refractivity contribution is 7.10. The van der Waals surface area contributed by atoms with Gasteiger partial charge in [0.2, 0.25) is 0 Å². The molecule has 29 heavy (non-hydrogen) atoms. The van der Waals surface area contributed by atoms with E-state index in [1.54, 1.807) is 29.7 Å². The second-order valence-corrected chi connectivity index (χ2v) is 7.76. The molecule has 152 valence electrons. The monoisotopic (exact) mass is 414 g/mol. The molecule has 2 aromatic heterocycles. The van der Waals surface area contributed by atoms with Crippen LogP contribution in [-0.4, -0.2) is 24.9 Å². The van der Waals surface area contributed by atoms with Crippen molar-refractivity contribution in [3.05, 3.63) is 50.6 Å². The van der Waals surface area contributed by atoms with Crippen LogP contribution < -0.4 is 25.1 Å². The maximum atomic E-state index is 12.8. The van der Waals surface area contributed by atoms with Crippen molar-refractivity contribution in [1.29, 1.82) is 0 Å². The van der Waals surface area contributed by atoms with Crippen LogP contribution in [0.3, 0.4) is 0 Å². The summed E-state index contributed by atoms with van der Waals surface area (Å²) in [6.07, 6.45) is 2.82. The van der Waals surface area contributed by atoms with Crippen molar-refractivity contribution < 1.29 is 19.0 Å². The Morgan fingerprint density at radius 1 is 1.21 bits per heavy atom. The predicted molar refractivity (Wildman–Crippen MR) is 112 cm³/mol. The van der Waals surface area contributed by atoms with Crippen LogP contribution in [-0.2, 0) is 13.0 Å². The van der Waals surface area contributed by atoms with E-state index in [2.05, 4.69) is 5.32 Å². The fraction of sp³-hybridized carbons (Fsp3) is 0.333. The number of pyridine rings is 1. The SMILES string of the molecule is CCn1cc(OC(=O)N[C@H]2CCc3sccc32)c2cc(OC)c(OC)cc2c1=O. The summed E-state index contributed by atoms with van der Waals surface area (Å²) < 4.78 is 17.8. The summed E-state index contributed by atoms with van der Waals surface area (Å²) in [6.45, 7) is 2.30. The van der Waals surface area contributed by atoms with Crippen molar-refractivity contribution in [2.45, 2.75) is 32.4 Å². The van der Waals surface area contributed by atoms with Gasteiger partial charge in [-0.2, -0.15) is 0 Å². The molecule has 1 aliphatic carbocycles. The third kappa shape index (κ3) is 3.44. The van der Waals surface area contributed by atoms with E-state index in [9.17, 15) is 9.59 Å². The molecule has 3 aromatic rings. The van der Waals surface area contributed by atoms with Gasteiger partial charge in [0.25, 0.3) is 5.56 Å². The summed E-state index contributed by atoms with van der Waals surface area (Å²) in [7, 11) is 3.03. The van der Waals surface area contributed by atoms with Crippen LogP contribution in [0, 0.1) is 0 Å². The van der Waals surface area contributed by atoms with E-state index in [1.165, 1.54) is 23.7 Å². The van der Waals surface area contributed by atoms with Gasteiger partial charge in [0.15, 0.2) is 17.2 Å². The molecule has 1 N–H and O–H groups in total. The Kier molecular flexibility index (Phi) is 5.19. The fourth-order valence-electron chi connectivity index (χ4n) is 3.72. The molecule has 2 heterocycles. The van der Waals surface area contributed by atoms with Crippen molar-refractivity contribution >= 4 is 28.2 Å². The van der Waals surface area contributed by atoms with Crippen molar-refractivity contribution in [3.63, 3.8) is 0 Å². The minimum Gasteiger partial charge on any atom is -0.493 e. The number of ether oxygens (including phenoxy) is 3. The number of amides is 1. The number of carbonyl (C=O) groups excluding carboxylic acids is 1. The minimum atomic E-state index is -0.550. The maximum absolute atomic E-state index is 12.8. The lowest BCUT2D eigenvalue weighted by atomic mass is 10.1. The molecule has 1 aromatic carbocycles. The van der Waals surface area contributed by atoms with Gasteiger partial charge in [-0.25, -0.2) is 4.79 Å². The van der Waals surface area contributed by atoms with Crippen molar-refractivity contribution in [1.82, 2.24) is 9.88 Å². The standard InChI is InChI=1S/C21H22N2O5S/c1-4-23-11-18(13-9-16(26-2)17(27-3)10-14(13)20(23)24)28-21(25)22-15-5-6-19-12(15)7-8-29-19/h7-11,15H,4-6H2,1-3H3,(H,22,25)/t15-/m0/s1. The van der Waals surface area contributed by atoms with Crippen molar-refractivity contribution in [2.24, 2.45) is 0 Å². The number of benzene rings is 1. The average Bonchev–Trinajstić information content (AvgIpc) is 3.34. The number of carbonyl (C=O) groups is 1. The first-order valence-electron chi connectivity index (χ1n) is 9.39. The highest BCUT2D eigenvalue weighted by Crippen LogP contribution is 2.36. The molecular formula is C21H22N2O5S.